The highest BCUT2D eigenvalue weighted by atomic mass is 16.3. The summed E-state index contributed by atoms with van der Waals surface area (Å²) in [5, 5.41) is 20.7. The van der Waals surface area contributed by atoms with Crippen LogP contribution in [0, 0.1) is 5.92 Å². The Labute approximate surface area is 136 Å². The largest absolute Gasteiger partial charge is 0.390 e. The van der Waals surface area contributed by atoms with E-state index in [1.165, 1.54) is 11.1 Å². The minimum atomic E-state index is -0.700. The van der Waals surface area contributed by atoms with Gasteiger partial charge in [0.1, 0.15) is 0 Å². The van der Waals surface area contributed by atoms with Crippen LogP contribution in [0.15, 0.2) is 34.9 Å². The van der Waals surface area contributed by atoms with Gasteiger partial charge in [-0.1, -0.05) is 29.4 Å². The molecule has 3 atom stereocenters. The van der Waals surface area contributed by atoms with Crippen molar-refractivity contribution in [3.63, 3.8) is 0 Å². The monoisotopic (exact) mass is 306 g/mol. The molecule has 1 aliphatic carbocycles. The van der Waals surface area contributed by atoms with Crippen LogP contribution in [0.4, 0.5) is 0 Å². The van der Waals surface area contributed by atoms with Gasteiger partial charge < -0.3 is 10.2 Å². The standard InChI is InChI=1S/C20H34O2/c1-15(2)8-6-9-16(3)10-7-13-20(5,22)18-12-11-17(4)19(21)14-18/h8,10-11,18-19,21-22H,6-7,9,12-14H2,1-5H3. The van der Waals surface area contributed by atoms with E-state index in [0.717, 1.165) is 37.7 Å². The topological polar surface area (TPSA) is 40.5 Å². The second kappa shape index (κ2) is 8.69. The molecule has 0 saturated heterocycles. The highest BCUT2D eigenvalue weighted by Crippen LogP contribution is 2.35. The predicted molar refractivity (Wildman–Crippen MR) is 94.8 cm³/mol. The lowest BCUT2D eigenvalue weighted by Gasteiger charge is -2.36. The summed E-state index contributed by atoms with van der Waals surface area (Å²) in [6, 6.07) is 0. The fourth-order valence-electron chi connectivity index (χ4n) is 3.03. The molecule has 0 amide bonds. The second-order valence-corrected chi connectivity index (χ2v) is 7.40. The summed E-state index contributed by atoms with van der Waals surface area (Å²) in [4.78, 5) is 0. The van der Waals surface area contributed by atoms with E-state index >= 15 is 0 Å². The zero-order chi connectivity index (χ0) is 16.8. The Balaban J connectivity index is 2.44. The lowest BCUT2D eigenvalue weighted by molar-refractivity contribution is -0.0270. The smallest absolute Gasteiger partial charge is 0.0751 e. The summed E-state index contributed by atoms with van der Waals surface area (Å²) < 4.78 is 0. The Morgan fingerprint density at radius 1 is 1.27 bits per heavy atom. The summed E-state index contributed by atoms with van der Waals surface area (Å²) in [6.45, 7) is 10.3. The third-order valence-electron chi connectivity index (χ3n) is 4.87. The molecule has 0 aliphatic heterocycles. The minimum absolute atomic E-state index is 0.158. The van der Waals surface area contributed by atoms with Gasteiger partial charge in [0.25, 0.3) is 0 Å². The van der Waals surface area contributed by atoms with Crippen LogP contribution in [-0.2, 0) is 0 Å². The van der Waals surface area contributed by atoms with Crippen LogP contribution in [0.25, 0.3) is 0 Å². The maximum atomic E-state index is 10.7. The van der Waals surface area contributed by atoms with E-state index in [1.807, 2.05) is 13.8 Å². The lowest BCUT2D eigenvalue weighted by Crippen LogP contribution is -2.38. The first-order valence-electron chi connectivity index (χ1n) is 8.58. The molecule has 0 spiro atoms. The Morgan fingerprint density at radius 2 is 1.95 bits per heavy atom. The van der Waals surface area contributed by atoms with Crippen LogP contribution < -0.4 is 0 Å². The van der Waals surface area contributed by atoms with Gasteiger partial charge in [-0.2, -0.15) is 0 Å². The van der Waals surface area contributed by atoms with Crippen LogP contribution >= 0.6 is 0 Å². The first kappa shape index (κ1) is 19.2. The highest BCUT2D eigenvalue weighted by molar-refractivity contribution is 5.11. The molecule has 2 nitrogen and oxygen atoms in total. The second-order valence-electron chi connectivity index (χ2n) is 7.40. The highest BCUT2D eigenvalue weighted by Gasteiger charge is 2.34. The summed E-state index contributed by atoms with van der Waals surface area (Å²) in [7, 11) is 0. The molecule has 3 unspecified atom stereocenters. The van der Waals surface area contributed by atoms with Crippen molar-refractivity contribution in [1.82, 2.24) is 0 Å². The summed E-state index contributed by atoms with van der Waals surface area (Å²) >= 11 is 0. The normalized spacial score (nSPS) is 25.4. The van der Waals surface area contributed by atoms with Crippen molar-refractivity contribution in [2.24, 2.45) is 5.92 Å². The van der Waals surface area contributed by atoms with Crippen LogP contribution in [-0.4, -0.2) is 21.9 Å². The van der Waals surface area contributed by atoms with Crippen LogP contribution in [0.5, 0.6) is 0 Å². The number of hydrogen-bond acceptors (Lipinski definition) is 2. The van der Waals surface area contributed by atoms with Crippen molar-refractivity contribution < 1.29 is 10.2 Å². The molecular formula is C20H34O2. The number of rotatable bonds is 7. The molecule has 22 heavy (non-hydrogen) atoms. The number of hydrogen-bond donors (Lipinski definition) is 2. The van der Waals surface area contributed by atoms with Gasteiger partial charge in [-0.15, -0.1) is 0 Å². The van der Waals surface area contributed by atoms with Gasteiger partial charge >= 0.3 is 0 Å². The van der Waals surface area contributed by atoms with E-state index in [2.05, 4.69) is 39.0 Å². The van der Waals surface area contributed by atoms with Gasteiger partial charge in [0.15, 0.2) is 0 Å². The average Bonchev–Trinajstić information content (AvgIpc) is 2.41. The van der Waals surface area contributed by atoms with Crippen LogP contribution in [0.1, 0.15) is 73.1 Å². The summed E-state index contributed by atoms with van der Waals surface area (Å²) in [5.74, 6) is 0.158. The van der Waals surface area contributed by atoms with Gasteiger partial charge in [-0.25, -0.2) is 0 Å². The molecule has 0 aromatic rings. The van der Waals surface area contributed by atoms with Gasteiger partial charge in [0, 0.05) is 0 Å². The third kappa shape index (κ3) is 6.50. The lowest BCUT2D eigenvalue weighted by atomic mass is 9.75. The Bertz CT molecular complexity index is 437. The van der Waals surface area contributed by atoms with Crippen LogP contribution in [0.2, 0.25) is 0 Å². The molecule has 126 valence electrons. The Kier molecular flexibility index (Phi) is 7.58. The molecule has 0 heterocycles. The van der Waals surface area contributed by atoms with E-state index in [1.54, 1.807) is 0 Å². The van der Waals surface area contributed by atoms with E-state index in [0.29, 0.717) is 6.42 Å². The molecule has 0 aromatic carbocycles. The van der Waals surface area contributed by atoms with Crippen molar-refractivity contribution in [2.45, 2.75) is 84.8 Å². The van der Waals surface area contributed by atoms with E-state index in [4.69, 9.17) is 0 Å². The fourth-order valence-corrected chi connectivity index (χ4v) is 3.03. The molecule has 2 N–H and O–H groups in total. The number of aliphatic hydroxyl groups excluding tert-OH is 1. The predicted octanol–water partition coefficient (Wildman–Crippen LogP) is 4.93. The zero-order valence-electron chi connectivity index (χ0n) is 15.0. The maximum absolute atomic E-state index is 10.7. The zero-order valence-corrected chi connectivity index (χ0v) is 15.0. The van der Waals surface area contributed by atoms with Gasteiger partial charge in [-0.05, 0) is 84.6 Å². The molecule has 0 aromatic heterocycles. The summed E-state index contributed by atoms with van der Waals surface area (Å²) in [5.41, 5.74) is 3.11. The van der Waals surface area contributed by atoms with Crippen molar-refractivity contribution in [3.05, 3.63) is 34.9 Å². The first-order chi connectivity index (χ1) is 10.2. The Morgan fingerprint density at radius 3 is 2.55 bits per heavy atom. The first-order valence-corrected chi connectivity index (χ1v) is 8.58. The summed E-state index contributed by atoms with van der Waals surface area (Å²) in [6.07, 6.45) is 11.6. The van der Waals surface area contributed by atoms with Crippen molar-refractivity contribution in [1.29, 1.82) is 0 Å². The van der Waals surface area contributed by atoms with E-state index in [9.17, 15) is 10.2 Å². The average molecular weight is 306 g/mol. The quantitative estimate of drug-likeness (QED) is 0.655. The van der Waals surface area contributed by atoms with Gasteiger partial charge in [0.05, 0.1) is 11.7 Å². The molecule has 1 rings (SSSR count). The molecular weight excluding hydrogens is 272 g/mol. The molecule has 0 fully saturated rings. The molecule has 0 saturated carbocycles. The molecule has 0 radical (unpaired) electrons. The van der Waals surface area contributed by atoms with Gasteiger partial charge in [0.2, 0.25) is 0 Å². The molecule has 1 aliphatic rings. The van der Waals surface area contributed by atoms with Crippen molar-refractivity contribution in [2.75, 3.05) is 0 Å². The Hall–Kier alpha value is -0.860. The SMILES string of the molecule is CC(C)=CCCC(C)=CCCC(C)(O)C1CC=C(C)C(O)C1. The third-order valence-corrected chi connectivity index (χ3v) is 4.87. The van der Waals surface area contributed by atoms with Crippen molar-refractivity contribution in [3.8, 4) is 0 Å². The fraction of sp³-hybridized carbons (Fsp3) is 0.700. The number of aliphatic hydroxyl groups is 2. The van der Waals surface area contributed by atoms with E-state index < -0.39 is 5.60 Å². The van der Waals surface area contributed by atoms with Gasteiger partial charge in [-0.3, -0.25) is 0 Å². The van der Waals surface area contributed by atoms with Crippen molar-refractivity contribution >= 4 is 0 Å². The number of allylic oxidation sites excluding steroid dienone is 5. The maximum Gasteiger partial charge on any atom is 0.0751 e. The minimum Gasteiger partial charge on any atom is -0.390 e. The molecule has 2 heteroatoms. The van der Waals surface area contributed by atoms with Crippen LogP contribution in [0.3, 0.4) is 0 Å². The molecule has 0 bridgehead atoms. The van der Waals surface area contributed by atoms with E-state index in [-0.39, 0.29) is 12.0 Å².